The van der Waals surface area contributed by atoms with E-state index in [9.17, 15) is 0 Å². The van der Waals surface area contributed by atoms with Gasteiger partial charge in [-0.15, -0.1) is 11.8 Å². The summed E-state index contributed by atoms with van der Waals surface area (Å²) in [6.07, 6.45) is 2.81. The molecule has 3 heteroatoms. The molecule has 0 saturated heterocycles. The third kappa shape index (κ3) is 1.87. The maximum absolute atomic E-state index is 4.30. The Morgan fingerprint density at radius 1 is 1.21 bits per heavy atom. The van der Waals surface area contributed by atoms with Crippen molar-refractivity contribution in [2.45, 2.75) is 18.4 Å². The molecule has 0 N–H and O–H groups in total. The minimum absolute atomic E-state index is 1.03. The number of aromatic nitrogens is 2. The molecule has 72 valence electrons. The molecular weight excluding hydrogens is 192 g/mol. The molecule has 1 aromatic heterocycles. The number of para-hydroxylation sites is 1. The largest absolute Gasteiger partial charge is 0.236 e. The SMILES string of the molecule is CCCSc1ncnc2ccccc12. The van der Waals surface area contributed by atoms with E-state index in [-0.39, 0.29) is 0 Å². The van der Waals surface area contributed by atoms with Gasteiger partial charge in [-0.25, -0.2) is 9.97 Å². The monoisotopic (exact) mass is 204 g/mol. The molecule has 1 heterocycles. The standard InChI is InChI=1S/C11H12N2S/c1-2-7-14-11-9-5-3-4-6-10(9)12-8-13-11/h3-6,8H,2,7H2,1H3. The number of thioether (sulfide) groups is 1. The van der Waals surface area contributed by atoms with E-state index in [2.05, 4.69) is 23.0 Å². The summed E-state index contributed by atoms with van der Waals surface area (Å²) >= 11 is 1.80. The second kappa shape index (κ2) is 4.42. The summed E-state index contributed by atoms with van der Waals surface area (Å²) in [5.74, 6) is 1.11. The van der Waals surface area contributed by atoms with E-state index in [0.29, 0.717) is 0 Å². The molecule has 0 radical (unpaired) electrons. The van der Waals surface area contributed by atoms with Crippen LogP contribution in [0.25, 0.3) is 10.9 Å². The average Bonchev–Trinajstić information content (AvgIpc) is 2.26. The molecule has 2 nitrogen and oxygen atoms in total. The van der Waals surface area contributed by atoms with Crippen LogP contribution < -0.4 is 0 Å². The zero-order chi connectivity index (χ0) is 9.80. The van der Waals surface area contributed by atoms with Gasteiger partial charge in [-0.1, -0.05) is 25.1 Å². The van der Waals surface area contributed by atoms with Crippen molar-refractivity contribution in [2.75, 3.05) is 5.75 Å². The molecule has 2 rings (SSSR count). The molecule has 0 fully saturated rings. The zero-order valence-electron chi connectivity index (χ0n) is 8.10. The van der Waals surface area contributed by atoms with Crippen molar-refractivity contribution in [3.05, 3.63) is 30.6 Å². The third-order valence-corrected chi connectivity index (χ3v) is 3.16. The minimum Gasteiger partial charge on any atom is -0.236 e. The van der Waals surface area contributed by atoms with Gasteiger partial charge in [0.2, 0.25) is 0 Å². The molecular formula is C11H12N2S. The molecule has 1 aromatic carbocycles. The molecule has 0 spiro atoms. The minimum atomic E-state index is 1.03. The molecule has 0 bridgehead atoms. The Morgan fingerprint density at radius 2 is 2.07 bits per heavy atom. The van der Waals surface area contributed by atoms with Crippen molar-refractivity contribution in [3.63, 3.8) is 0 Å². The van der Waals surface area contributed by atoms with Crippen LogP contribution in [0.3, 0.4) is 0 Å². The smallest absolute Gasteiger partial charge is 0.117 e. The molecule has 0 unspecified atom stereocenters. The molecule has 0 aliphatic heterocycles. The lowest BCUT2D eigenvalue weighted by Gasteiger charge is -2.02. The van der Waals surface area contributed by atoms with Gasteiger partial charge in [0.05, 0.1) is 5.52 Å². The zero-order valence-corrected chi connectivity index (χ0v) is 8.92. The van der Waals surface area contributed by atoms with Crippen LogP contribution in [0.15, 0.2) is 35.6 Å². The Morgan fingerprint density at radius 3 is 2.93 bits per heavy atom. The number of hydrogen-bond acceptors (Lipinski definition) is 3. The number of rotatable bonds is 3. The summed E-state index contributed by atoms with van der Waals surface area (Å²) < 4.78 is 0. The first kappa shape index (κ1) is 9.46. The van der Waals surface area contributed by atoms with E-state index >= 15 is 0 Å². The Labute approximate surface area is 87.8 Å². The molecule has 2 aromatic rings. The highest BCUT2D eigenvalue weighted by Crippen LogP contribution is 2.24. The van der Waals surface area contributed by atoms with Gasteiger partial charge in [-0.3, -0.25) is 0 Å². The maximum atomic E-state index is 4.30. The average molecular weight is 204 g/mol. The lowest BCUT2D eigenvalue weighted by molar-refractivity contribution is 1.07. The number of nitrogens with zero attached hydrogens (tertiary/aromatic N) is 2. The van der Waals surface area contributed by atoms with E-state index in [0.717, 1.165) is 21.7 Å². The van der Waals surface area contributed by atoms with E-state index in [1.807, 2.05) is 18.2 Å². The van der Waals surface area contributed by atoms with Gasteiger partial charge in [0.15, 0.2) is 0 Å². The predicted octanol–water partition coefficient (Wildman–Crippen LogP) is 3.13. The van der Waals surface area contributed by atoms with Gasteiger partial charge in [0, 0.05) is 5.39 Å². The second-order valence-corrected chi connectivity index (χ2v) is 4.13. The summed E-state index contributed by atoms with van der Waals surface area (Å²) in [7, 11) is 0. The van der Waals surface area contributed by atoms with E-state index < -0.39 is 0 Å². The quantitative estimate of drug-likeness (QED) is 0.567. The van der Waals surface area contributed by atoms with Gasteiger partial charge in [0.25, 0.3) is 0 Å². The Hall–Kier alpha value is -1.09. The van der Waals surface area contributed by atoms with Crippen LogP contribution in [-0.2, 0) is 0 Å². The van der Waals surface area contributed by atoms with E-state index in [1.54, 1.807) is 18.1 Å². The number of fused-ring (bicyclic) bond motifs is 1. The highest BCUT2D eigenvalue weighted by atomic mass is 32.2. The summed E-state index contributed by atoms with van der Waals surface area (Å²) in [4.78, 5) is 8.52. The summed E-state index contributed by atoms with van der Waals surface area (Å²) in [5.41, 5.74) is 1.03. The van der Waals surface area contributed by atoms with Crippen LogP contribution in [0, 0.1) is 0 Å². The second-order valence-electron chi connectivity index (χ2n) is 3.04. The molecule has 0 amide bonds. The Kier molecular flexibility index (Phi) is 2.99. The van der Waals surface area contributed by atoms with Crippen LogP contribution >= 0.6 is 11.8 Å². The Balaban J connectivity index is 2.43. The van der Waals surface area contributed by atoms with Crippen molar-refractivity contribution in [1.29, 1.82) is 0 Å². The topological polar surface area (TPSA) is 25.8 Å². The fourth-order valence-corrected chi connectivity index (χ4v) is 2.14. The van der Waals surface area contributed by atoms with Crippen molar-refractivity contribution in [2.24, 2.45) is 0 Å². The van der Waals surface area contributed by atoms with Gasteiger partial charge in [-0.05, 0) is 18.2 Å². The van der Waals surface area contributed by atoms with Crippen LogP contribution in [0.2, 0.25) is 0 Å². The van der Waals surface area contributed by atoms with Gasteiger partial charge >= 0.3 is 0 Å². The summed E-state index contributed by atoms with van der Waals surface area (Å²) in [5, 5.41) is 2.26. The van der Waals surface area contributed by atoms with Crippen molar-refractivity contribution >= 4 is 22.7 Å². The molecule has 0 aliphatic rings. The van der Waals surface area contributed by atoms with Crippen LogP contribution in [0.4, 0.5) is 0 Å². The van der Waals surface area contributed by atoms with Crippen molar-refractivity contribution in [1.82, 2.24) is 9.97 Å². The molecule has 0 aliphatic carbocycles. The lowest BCUT2D eigenvalue weighted by atomic mass is 10.2. The summed E-state index contributed by atoms with van der Waals surface area (Å²) in [6, 6.07) is 8.13. The maximum Gasteiger partial charge on any atom is 0.117 e. The first-order valence-electron chi connectivity index (χ1n) is 4.74. The predicted molar refractivity (Wildman–Crippen MR) is 60.6 cm³/mol. The van der Waals surface area contributed by atoms with Gasteiger partial charge in [-0.2, -0.15) is 0 Å². The van der Waals surface area contributed by atoms with Gasteiger partial charge in [0.1, 0.15) is 11.4 Å². The third-order valence-electron chi connectivity index (χ3n) is 1.95. The van der Waals surface area contributed by atoms with Crippen molar-refractivity contribution < 1.29 is 0 Å². The molecule has 0 saturated carbocycles. The van der Waals surface area contributed by atoms with Crippen molar-refractivity contribution in [3.8, 4) is 0 Å². The van der Waals surface area contributed by atoms with E-state index in [1.165, 1.54) is 6.42 Å². The van der Waals surface area contributed by atoms with Crippen LogP contribution in [-0.4, -0.2) is 15.7 Å². The normalized spacial score (nSPS) is 10.6. The van der Waals surface area contributed by atoms with Crippen LogP contribution in [0.5, 0.6) is 0 Å². The molecule has 0 atom stereocenters. The lowest BCUT2D eigenvalue weighted by Crippen LogP contribution is -1.87. The first-order valence-corrected chi connectivity index (χ1v) is 5.73. The number of benzene rings is 1. The Bertz CT molecular complexity index is 423. The van der Waals surface area contributed by atoms with Crippen LogP contribution in [0.1, 0.15) is 13.3 Å². The first-order chi connectivity index (χ1) is 6.92. The molecule has 14 heavy (non-hydrogen) atoms. The van der Waals surface area contributed by atoms with E-state index in [4.69, 9.17) is 0 Å². The fraction of sp³-hybridized carbons (Fsp3) is 0.273. The highest BCUT2D eigenvalue weighted by molar-refractivity contribution is 7.99. The summed E-state index contributed by atoms with van der Waals surface area (Å²) in [6.45, 7) is 2.18. The number of hydrogen-bond donors (Lipinski definition) is 0. The highest BCUT2D eigenvalue weighted by Gasteiger charge is 2.01. The van der Waals surface area contributed by atoms with Gasteiger partial charge < -0.3 is 0 Å². The fourth-order valence-electron chi connectivity index (χ4n) is 1.29.